The maximum absolute atomic E-state index is 13.7. The van der Waals surface area contributed by atoms with Crippen LogP contribution in [0.25, 0.3) is 0 Å². The fourth-order valence-electron chi connectivity index (χ4n) is 4.36. The third-order valence-electron chi connectivity index (χ3n) is 6.33. The molecule has 1 saturated heterocycles. The molecule has 4 rings (SSSR count). The van der Waals surface area contributed by atoms with Gasteiger partial charge in [0.25, 0.3) is 0 Å². The van der Waals surface area contributed by atoms with Gasteiger partial charge in [0, 0.05) is 36.2 Å². The number of hydrogen-bond acceptors (Lipinski definition) is 3. The van der Waals surface area contributed by atoms with E-state index in [1.807, 2.05) is 54.6 Å². The smallest absolute Gasteiger partial charge is 0.243 e. The first-order valence-electron chi connectivity index (χ1n) is 12.2. The number of ether oxygens (including phenoxy) is 1. The Bertz CT molecular complexity index is 1130. The van der Waals surface area contributed by atoms with E-state index in [1.165, 1.54) is 0 Å². The van der Waals surface area contributed by atoms with Crippen molar-refractivity contribution in [2.45, 2.75) is 44.4 Å². The van der Waals surface area contributed by atoms with Crippen molar-refractivity contribution >= 4 is 35.0 Å². The summed E-state index contributed by atoms with van der Waals surface area (Å²) in [6, 6.07) is 23.6. The molecule has 5 nitrogen and oxygen atoms in total. The van der Waals surface area contributed by atoms with Gasteiger partial charge in [0.2, 0.25) is 11.8 Å². The standard InChI is InChI=1S/C29H30Cl2N2O3/c30-24-12-8-22(9-13-24)18-28(34)33(20-23-10-14-25(31)15-11-23)27(17-21-5-2-1-3-6-21)29(35)32-19-26-7-4-16-36-26/h1-3,5-6,8-15,26-27H,4,7,16-20H2,(H,32,35)/t26-,27+/m1/s1. The minimum Gasteiger partial charge on any atom is -0.376 e. The summed E-state index contributed by atoms with van der Waals surface area (Å²) in [6.45, 7) is 1.44. The predicted molar refractivity (Wildman–Crippen MR) is 143 cm³/mol. The van der Waals surface area contributed by atoms with E-state index >= 15 is 0 Å². The molecule has 1 aliphatic heterocycles. The number of nitrogens with one attached hydrogen (secondary N) is 1. The fourth-order valence-corrected chi connectivity index (χ4v) is 4.61. The van der Waals surface area contributed by atoms with Gasteiger partial charge >= 0.3 is 0 Å². The van der Waals surface area contributed by atoms with Gasteiger partial charge in [-0.15, -0.1) is 0 Å². The second-order valence-corrected chi connectivity index (χ2v) is 9.91. The summed E-state index contributed by atoms with van der Waals surface area (Å²) in [4.78, 5) is 29.0. The third kappa shape index (κ3) is 7.57. The van der Waals surface area contributed by atoms with Crippen molar-refractivity contribution in [3.05, 3.63) is 106 Å². The Balaban J connectivity index is 1.61. The van der Waals surface area contributed by atoms with Gasteiger partial charge in [-0.3, -0.25) is 9.59 Å². The van der Waals surface area contributed by atoms with Gasteiger partial charge in [-0.25, -0.2) is 0 Å². The normalized spacial score (nSPS) is 15.9. The van der Waals surface area contributed by atoms with Crippen molar-refractivity contribution in [1.29, 1.82) is 0 Å². The highest BCUT2D eigenvalue weighted by atomic mass is 35.5. The summed E-state index contributed by atoms with van der Waals surface area (Å²) in [5.41, 5.74) is 2.72. The Hall–Kier alpha value is -2.86. The van der Waals surface area contributed by atoms with Crippen molar-refractivity contribution in [2.24, 2.45) is 0 Å². The number of carbonyl (C=O) groups is 2. The van der Waals surface area contributed by atoms with E-state index in [1.54, 1.807) is 29.2 Å². The van der Waals surface area contributed by atoms with Crippen molar-refractivity contribution in [3.63, 3.8) is 0 Å². The van der Waals surface area contributed by atoms with E-state index in [2.05, 4.69) is 5.32 Å². The molecule has 1 N–H and O–H groups in total. The molecule has 0 saturated carbocycles. The molecule has 3 aromatic carbocycles. The molecule has 1 aliphatic rings. The van der Waals surface area contributed by atoms with Gasteiger partial charge in [0.05, 0.1) is 12.5 Å². The van der Waals surface area contributed by atoms with Crippen molar-refractivity contribution < 1.29 is 14.3 Å². The lowest BCUT2D eigenvalue weighted by Gasteiger charge is -2.32. The van der Waals surface area contributed by atoms with Gasteiger partial charge < -0.3 is 15.0 Å². The van der Waals surface area contributed by atoms with E-state index < -0.39 is 6.04 Å². The van der Waals surface area contributed by atoms with E-state index in [9.17, 15) is 9.59 Å². The van der Waals surface area contributed by atoms with Crippen molar-refractivity contribution in [1.82, 2.24) is 10.2 Å². The van der Waals surface area contributed by atoms with Crippen LogP contribution in [-0.4, -0.2) is 42.0 Å². The Morgan fingerprint density at radius 3 is 2.14 bits per heavy atom. The van der Waals surface area contributed by atoms with Crippen molar-refractivity contribution in [3.8, 4) is 0 Å². The molecule has 0 radical (unpaired) electrons. The Morgan fingerprint density at radius 2 is 1.53 bits per heavy atom. The molecule has 0 aliphatic carbocycles. The van der Waals surface area contributed by atoms with Crippen LogP contribution in [0.2, 0.25) is 10.0 Å². The summed E-state index contributed by atoms with van der Waals surface area (Å²) in [6.07, 6.45) is 2.50. The minimum absolute atomic E-state index is 0.0146. The molecule has 0 bridgehead atoms. The molecule has 0 spiro atoms. The first-order chi connectivity index (χ1) is 17.5. The van der Waals surface area contributed by atoms with Crippen molar-refractivity contribution in [2.75, 3.05) is 13.2 Å². The molecule has 1 fully saturated rings. The zero-order valence-electron chi connectivity index (χ0n) is 20.0. The van der Waals surface area contributed by atoms with Gasteiger partial charge in [0.15, 0.2) is 0 Å². The van der Waals surface area contributed by atoms with Crippen LogP contribution in [0.3, 0.4) is 0 Å². The molecular weight excluding hydrogens is 495 g/mol. The molecule has 36 heavy (non-hydrogen) atoms. The third-order valence-corrected chi connectivity index (χ3v) is 6.84. The molecule has 1 heterocycles. The zero-order chi connectivity index (χ0) is 25.3. The van der Waals surface area contributed by atoms with Crippen LogP contribution in [0.5, 0.6) is 0 Å². The highest BCUT2D eigenvalue weighted by molar-refractivity contribution is 6.30. The Morgan fingerprint density at radius 1 is 0.889 bits per heavy atom. The largest absolute Gasteiger partial charge is 0.376 e. The lowest BCUT2D eigenvalue weighted by atomic mass is 10.0. The van der Waals surface area contributed by atoms with Gasteiger partial charge in [-0.1, -0.05) is 77.8 Å². The predicted octanol–water partition coefficient (Wildman–Crippen LogP) is 5.47. The number of nitrogens with zero attached hydrogens (tertiary/aromatic N) is 1. The maximum atomic E-state index is 13.7. The Labute approximate surface area is 222 Å². The number of rotatable bonds is 10. The number of benzene rings is 3. The molecule has 0 aromatic heterocycles. The second kappa shape index (κ2) is 12.9. The number of hydrogen-bond donors (Lipinski definition) is 1. The van der Waals surface area contributed by atoms with Crippen LogP contribution in [0.15, 0.2) is 78.9 Å². The monoisotopic (exact) mass is 524 g/mol. The van der Waals surface area contributed by atoms with Crippen LogP contribution in [0.1, 0.15) is 29.5 Å². The van der Waals surface area contributed by atoms with E-state index in [0.29, 0.717) is 23.0 Å². The molecular formula is C29H30Cl2N2O3. The minimum atomic E-state index is -0.690. The topological polar surface area (TPSA) is 58.6 Å². The van der Waals surface area contributed by atoms with Gasteiger partial charge in [0.1, 0.15) is 6.04 Å². The van der Waals surface area contributed by atoms with Crippen LogP contribution < -0.4 is 5.32 Å². The number of carbonyl (C=O) groups excluding carboxylic acids is 2. The molecule has 0 unspecified atom stereocenters. The van der Waals surface area contributed by atoms with Crippen LogP contribution in [0.4, 0.5) is 0 Å². The molecule has 3 aromatic rings. The molecule has 2 atom stereocenters. The lowest BCUT2D eigenvalue weighted by molar-refractivity contribution is -0.141. The second-order valence-electron chi connectivity index (χ2n) is 9.04. The first kappa shape index (κ1) is 26.2. The highest BCUT2D eigenvalue weighted by Gasteiger charge is 2.31. The summed E-state index contributed by atoms with van der Waals surface area (Å²) >= 11 is 12.1. The quantitative estimate of drug-likeness (QED) is 0.382. The summed E-state index contributed by atoms with van der Waals surface area (Å²) in [5.74, 6) is -0.326. The summed E-state index contributed by atoms with van der Waals surface area (Å²) in [5, 5.41) is 4.28. The van der Waals surface area contributed by atoms with Gasteiger partial charge in [-0.05, 0) is 53.8 Å². The average Bonchev–Trinajstić information content (AvgIpc) is 3.41. The average molecular weight is 525 g/mol. The number of halogens is 2. The number of amides is 2. The Kier molecular flexibility index (Phi) is 9.40. The molecule has 2 amide bonds. The van der Waals surface area contributed by atoms with E-state index in [4.69, 9.17) is 27.9 Å². The van der Waals surface area contributed by atoms with Gasteiger partial charge in [-0.2, -0.15) is 0 Å². The summed E-state index contributed by atoms with van der Waals surface area (Å²) < 4.78 is 5.69. The maximum Gasteiger partial charge on any atom is 0.243 e. The highest BCUT2D eigenvalue weighted by Crippen LogP contribution is 2.19. The first-order valence-corrected chi connectivity index (χ1v) is 12.9. The van der Waals surface area contributed by atoms with Crippen LogP contribution in [0, 0.1) is 0 Å². The van der Waals surface area contributed by atoms with Crippen LogP contribution >= 0.6 is 23.2 Å². The molecule has 7 heteroatoms. The zero-order valence-corrected chi connectivity index (χ0v) is 21.5. The summed E-state index contributed by atoms with van der Waals surface area (Å²) in [7, 11) is 0. The lowest BCUT2D eigenvalue weighted by Crippen LogP contribution is -2.52. The van der Waals surface area contributed by atoms with E-state index in [0.717, 1.165) is 36.1 Å². The SMILES string of the molecule is O=C(NC[C@H]1CCCO1)[C@H](Cc1ccccc1)N(Cc1ccc(Cl)cc1)C(=O)Cc1ccc(Cl)cc1. The van der Waals surface area contributed by atoms with E-state index in [-0.39, 0.29) is 30.9 Å². The van der Waals surface area contributed by atoms with Crippen LogP contribution in [-0.2, 0) is 33.7 Å². The molecule has 188 valence electrons. The fraction of sp³-hybridized carbons (Fsp3) is 0.310.